The van der Waals surface area contributed by atoms with Gasteiger partial charge in [0, 0.05) is 58.1 Å². The van der Waals surface area contributed by atoms with Gasteiger partial charge in [-0.3, -0.25) is 14.4 Å². The molecule has 3 heterocycles. The number of ether oxygens (including phenoxy) is 1. The Hall–Kier alpha value is -4.08. The van der Waals surface area contributed by atoms with Crippen molar-refractivity contribution in [2.75, 3.05) is 35.7 Å². The molecule has 2 N–H and O–H groups in total. The SMILES string of the molecule is COc1ccc(Br)c(C(=O)Nc2cc(C(=O)Nc3cc(Cl)ccc3C)ccc2N2CC3CC(C2)c2cccc(=O)n2C3)c1. The zero-order valence-corrected chi connectivity index (χ0v) is 26.0. The van der Waals surface area contributed by atoms with Gasteiger partial charge in [-0.1, -0.05) is 23.7 Å². The molecule has 2 atom stereocenters. The first-order chi connectivity index (χ1) is 20.7. The van der Waals surface area contributed by atoms with Crippen molar-refractivity contribution in [3.63, 3.8) is 0 Å². The van der Waals surface area contributed by atoms with Crippen LogP contribution in [-0.2, 0) is 6.54 Å². The van der Waals surface area contributed by atoms with E-state index in [0.717, 1.165) is 29.9 Å². The molecule has 2 unspecified atom stereocenters. The maximum Gasteiger partial charge on any atom is 0.257 e. The molecular formula is C33H30BrClN4O4. The number of amides is 2. The molecule has 2 aliphatic rings. The Bertz CT molecular complexity index is 1810. The van der Waals surface area contributed by atoms with Crippen LogP contribution in [0.3, 0.4) is 0 Å². The molecule has 43 heavy (non-hydrogen) atoms. The van der Waals surface area contributed by atoms with Crippen molar-refractivity contribution in [2.24, 2.45) is 5.92 Å². The summed E-state index contributed by atoms with van der Waals surface area (Å²) >= 11 is 9.65. The average molecular weight is 662 g/mol. The third-order valence-corrected chi connectivity index (χ3v) is 9.12. The zero-order valence-electron chi connectivity index (χ0n) is 23.7. The van der Waals surface area contributed by atoms with Crippen LogP contribution in [0.4, 0.5) is 17.1 Å². The van der Waals surface area contributed by atoms with E-state index < -0.39 is 0 Å². The number of nitrogens with zero attached hydrogens (tertiary/aromatic N) is 2. The van der Waals surface area contributed by atoms with E-state index >= 15 is 0 Å². The Balaban J connectivity index is 1.35. The van der Waals surface area contributed by atoms with Crippen molar-refractivity contribution in [1.82, 2.24) is 4.57 Å². The lowest BCUT2D eigenvalue weighted by atomic mass is 9.83. The smallest absolute Gasteiger partial charge is 0.257 e. The van der Waals surface area contributed by atoms with Gasteiger partial charge in [-0.2, -0.15) is 0 Å². The van der Waals surface area contributed by atoms with E-state index in [2.05, 4.69) is 31.5 Å². The van der Waals surface area contributed by atoms with Crippen molar-refractivity contribution < 1.29 is 14.3 Å². The third kappa shape index (κ3) is 5.92. The minimum Gasteiger partial charge on any atom is -0.497 e. The van der Waals surface area contributed by atoms with Gasteiger partial charge in [-0.05, 0) is 95.4 Å². The molecule has 1 saturated heterocycles. The first-order valence-electron chi connectivity index (χ1n) is 14.0. The highest BCUT2D eigenvalue weighted by atomic mass is 79.9. The molecule has 10 heteroatoms. The van der Waals surface area contributed by atoms with E-state index in [-0.39, 0.29) is 29.2 Å². The van der Waals surface area contributed by atoms with Gasteiger partial charge in [0.05, 0.1) is 24.0 Å². The minimum absolute atomic E-state index is 0.0303. The number of fused-ring (bicyclic) bond motifs is 4. The van der Waals surface area contributed by atoms with Crippen LogP contribution in [0.1, 0.15) is 44.3 Å². The molecule has 0 spiro atoms. The van der Waals surface area contributed by atoms with Crippen molar-refractivity contribution in [2.45, 2.75) is 25.8 Å². The number of pyridine rings is 1. The molecule has 6 rings (SSSR count). The Labute approximate surface area is 262 Å². The van der Waals surface area contributed by atoms with Gasteiger partial charge in [0.15, 0.2) is 0 Å². The first kappa shape index (κ1) is 29.0. The molecule has 220 valence electrons. The molecule has 0 radical (unpaired) electrons. The Kier molecular flexibility index (Phi) is 8.03. The van der Waals surface area contributed by atoms with E-state index in [1.807, 2.05) is 35.8 Å². The second kappa shape index (κ2) is 11.9. The summed E-state index contributed by atoms with van der Waals surface area (Å²) in [5.41, 5.74) is 4.67. The molecule has 3 aromatic carbocycles. The van der Waals surface area contributed by atoms with Crippen molar-refractivity contribution in [3.05, 3.63) is 115 Å². The van der Waals surface area contributed by atoms with E-state index in [9.17, 15) is 14.4 Å². The second-order valence-corrected chi connectivity index (χ2v) is 12.3. The summed E-state index contributed by atoms with van der Waals surface area (Å²) < 4.78 is 7.85. The van der Waals surface area contributed by atoms with Crippen molar-refractivity contribution in [3.8, 4) is 5.75 Å². The molecule has 2 aliphatic heterocycles. The van der Waals surface area contributed by atoms with Gasteiger partial charge in [-0.25, -0.2) is 0 Å². The number of carbonyl (C=O) groups excluding carboxylic acids is 2. The molecular weight excluding hydrogens is 632 g/mol. The highest BCUT2D eigenvalue weighted by Crippen LogP contribution is 2.40. The van der Waals surface area contributed by atoms with Gasteiger partial charge < -0.3 is 24.8 Å². The van der Waals surface area contributed by atoms with E-state index in [4.69, 9.17) is 16.3 Å². The number of halogens is 2. The summed E-state index contributed by atoms with van der Waals surface area (Å²) in [5.74, 6) is 0.335. The summed E-state index contributed by atoms with van der Waals surface area (Å²) in [4.78, 5) is 41.8. The maximum atomic E-state index is 13.6. The largest absolute Gasteiger partial charge is 0.497 e. The number of aryl methyl sites for hydroxylation is 1. The highest BCUT2D eigenvalue weighted by Gasteiger charge is 2.35. The van der Waals surface area contributed by atoms with Crippen LogP contribution in [-0.4, -0.2) is 36.6 Å². The lowest BCUT2D eigenvalue weighted by Gasteiger charge is -2.44. The second-order valence-electron chi connectivity index (χ2n) is 11.0. The molecule has 0 saturated carbocycles. The molecule has 2 bridgehead atoms. The third-order valence-electron chi connectivity index (χ3n) is 8.19. The lowest BCUT2D eigenvalue weighted by molar-refractivity contribution is 0.101. The number of rotatable bonds is 6. The molecule has 4 aromatic rings. The number of piperidine rings is 1. The standard InChI is InChI=1S/C33H30BrClN4O4/c1-19-6-8-23(35)14-27(19)36-32(41)21-7-11-30(28(13-21)37-33(42)25-15-24(43-2)9-10-26(25)34)38-16-20-12-22(18-38)29-4-3-5-31(40)39(29)17-20/h3-11,13-15,20,22H,12,16-18H2,1-2H3,(H,36,41)(H,37,42). The van der Waals surface area contributed by atoms with Crippen LogP contribution >= 0.6 is 27.5 Å². The Morgan fingerprint density at radius 3 is 2.56 bits per heavy atom. The normalized spacial score (nSPS) is 17.2. The maximum absolute atomic E-state index is 13.6. The fourth-order valence-electron chi connectivity index (χ4n) is 6.06. The predicted octanol–water partition coefficient (Wildman–Crippen LogP) is 6.71. The first-order valence-corrected chi connectivity index (χ1v) is 15.2. The van der Waals surface area contributed by atoms with Gasteiger partial charge in [-0.15, -0.1) is 0 Å². The molecule has 1 aromatic heterocycles. The van der Waals surface area contributed by atoms with E-state index in [0.29, 0.717) is 50.8 Å². The number of aromatic nitrogens is 1. The van der Waals surface area contributed by atoms with Crippen LogP contribution in [0.25, 0.3) is 0 Å². The van der Waals surface area contributed by atoms with Crippen molar-refractivity contribution in [1.29, 1.82) is 0 Å². The zero-order chi connectivity index (χ0) is 30.2. The number of carbonyl (C=O) groups is 2. The van der Waals surface area contributed by atoms with Crippen LogP contribution in [0.15, 0.2) is 82.1 Å². The molecule has 8 nitrogen and oxygen atoms in total. The van der Waals surface area contributed by atoms with Gasteiger partial charge in [0.25, 0.3) is 17.4 Å². The Morgan fingerprint density at radius 2 is 1.74 bits per heavy atom. The van der Waals surface area contributed by atoms with Crippen LogP contribution in [0.2, 0.25) is 5.02 Å². The predicted molar refractivity (Wildman–Crippen MR) is 173 cm³/mol. The van der Waals surface area contributed by atoms with Gasteiger partial charge in [0.2, 0.25) is 0 Å². The van der Waals surface area contributed by atoms with Crippen LogP contribution in [0, 0.1) is 12.8 Å². The van der Waals surface area contributed by atoms with Gasteiger partial charge >= 0.3 is 0 Å². The number of hydrogen-bond donors (Lipinski definition) is 2. The molecule has 2 amide bonds. The fraction of sp³-hybridized carbons (Fsp3) is 0.242. The quantitative estimate of drug-likeness (QED) is 0.240. The number of methoxy groups -OCH3 is 1. The van der Waals surface area contributed by atoms with Gasteiger partial charge in [0.1, 0.15) is 5.75 Å². The number of anilines is 3. The van der Waals surface area contributed by atoms with Crippen LogP contribution < -0.4 is 25.8 Å². The summed E-state index contributed by atoms with van der Waals surface area (Å²) in [6.45, 7) is 3.95. The van der Waals surface area contributed by atoms with Crippen LogP contribution in [0.5, 0.6) is 5.75 Å². The fourth-order valence-corrected chi connectivity index (χ4v) is 6.66. The number of nitrogens with one attached hydrogen (secondary N) is 2. The summed E-state index contributed by atoms with van der Waals surface area (Å²) in [7, 11) is 1.55. The van der Waals surface area contributed by atoms with E-state index in [1.54, 1.807) is 55.6 Å². The Morgan fingerprint density at radius 1 is 0.930 bits per heavy atom. The summed E-state index contributed by atoms with van der Waals surface area (Å²) in [5, 5.41) is 6.53. The molecule has 0 aliphatic carbocycles. The minimum atomic E-state index is -0.343. The average Bonchev–Trinajstić information content (AvgIpc) is 2.99. The van der Waals surface area contributed by atoms with E-state index in [1.165, 1.54) is 0 Å². The summed E-state index contributed by atoms with van der Waals surface area (Å²) in [6.07, 6.45) is 0.998. The lowest BCUT2D eigenvalue weighted by Crippen LogP contribution is -2.47. The summed E-state index contributed by atoms with van der Waals surface area (Å²) in [6, 6.07) is 21.3. The monoisotopic (exact) mass is 660 g/mol. The molecule has 1 fully saturated rings. The van der Waals surface area contributed by atoms with Crippen molar-refractivity contribution >= 4 is 56.4 Å². The number of hydrogen-bond acceptors (Lipinski definition) is 5. The topological polar surface area (TPSA) is 92.7 Å². The number of benzene rings is 3. The highest BCUT2D eigenvalue weighted by molar-refractivity contribution is 9.10.